The number of aromatic nitrogens is 4. The molecule has 0 amide bonds. The zero-order valence-electron chi connectivity index (χ0n) is 14.8. The highest BCUT2D eigenvalue weighted by atomic mass is 16.3. The van der Waals surface area contributed by atoms with Crippen LogP contribution in [0.5, 0.6) is 5.88 Å². The predicted molar refractivity (Wildman–Crippen MR) is 101 cm³/mol. The SMILES string of the molecule is Cc1cc(-c2c(C)nn(-c3ccccc3)c2O)n(Cc2ccccc2)n1. The molecule has 1 N–H and O–H groups in total. The van der Waals surface area contributed by atoms with Crippen LogP contribution in [-0.2, 0) is 6.54 Å². The summed E-state index contributed by atoms with van der Waals surface area (Å²) in [5.74, 6) is 0.128. The summed E-state index contributed by atoms with van der Waals surface area (Å²) < 4.78 is 3.49. The van der Waals surface area contributed by atoms with Gasteiger partial charge in [0, 0.05) is 0 Å². The second kappa shape index (κ2) is 6.52. The van der Waals surface area contributed by atoms with Gasteiger partial charge in [-0.3, -0.25) is 4.68 Å². The summed E-state index contributed by atoms with van der Waals surface area (Å²) in [7, 11) is 0. The topological polar surface area (TPSA) is 55.9 Å². The van der Waals surface area contributed by atoms with Crippen LogP contribution < -0.4 is 0 Å². The van der Waals surface area contributed by atoms with Crippen LogP contribution in [0.4, 0.5) is 0 Å². The fourth-order valence-corrected chi connectivity index (χ4v) is 3.19. The maximum atomic E-state index is 10.9. The number of aromatic hydroxyl groups is 1. The summed E-state index contributed by atoms with van der Waals surface area (Å²) in [5, 5.41) is 20.0. The van der Waals surface area contributed by atoms with Crippen molar-refractivity contribution < 1.29 is 5.11 Å². The van der Waals surface area contributed by atoms with Gasteiger partial charge in [-0.25, -0.2) is 4.68 Å². The molecule has 0 fully saturated rings. The Hall–Kier alpha value is -3.34. The number of aryl methyl sites for hydroxylation is 2. The molecule has 0 atom stereocenters. The largest absolute Gasteiger partial charge is 0.493 e. The van der Waals surface area contributed by atoms with Crippen LogP contribution in [0.25, 0.3) is 16.9 Å². The Morgan fingerprint density at radius 1 is 0.885 bits per heavy atom. The highest BCUT2D eigenvalue weighted by Gasteiger charge is 2.21. The van der Waals surface area contributed by atoms with Crippen molar-refractivity contribution in [2.75, 3.05) is 0 Å². The molecule has 5 nitrogen and oxygen atoms in total. The lowest BCUT2D eigenvalue weighted by Gasteiger charge is -2.08. The Morgan fingerprint density at radius 3 is 2.23 bits per heavy atom. The third-order valence-corrected chi connectivity index (χ3v) is 4.37. The van der Waals surface area contributed by atoms with Crippen molar-refractivity contribution in [3.63, 3.8) is 0 Å². The van der Waals surface area contributed by atoms with E-state index in [0.29, 0.717) is 12.1 Å². The molecular formula is C21H20N4O. The molecule has 2 aromatic heterocycles. The van der Waals surface area contributed by atoms with Gasteiger partial charge in [0.2, 0.25) is 5.88 Å². The maximum Gasteiger partial charge on any atom is 0.224 e. The predicted octanol–water partition coefficient (Wildman–Crippen LogP) is 4.11. The van der Waals surface area contributed by atoms with Gasteiger partial charge >= 0.3 is 0 Å². The molecule has 0 aliphatic carbocycles. The summed E-state index contributed by atoms with van der Waals surface area (Å²) in [6.07, 6.45) is 0. The van der Waals surface area contributed by atoms with Crippen LogP contribution in [0.15, 0.2) is 66.7 Å². The first kappa shape index (κ1) is 16.1. The van der Waals surface area contributed by atoms with Gasteiger partial charge < -0.3 is 5.11 Å². The van der Waals surface area contributed by atoms with Crippen molar-refractivity contribution >= 4 is 0 Å². The number of hydrogen-bond acceptors (Lipinski definition) is 3. The van der Waals surface area contributed by atoms with Crippen molar-refractivity contribution in [1.29, 1.82) is 0 Å². The normalized spacial score (nSPS) is 11.0. The average Bonchev–Trinajstić information content (AvgIpc) is 3.15. The molecule has 130 valence electrons. The lowest BCUT2D eigenvalue weighted by Crippen LogP contribution is -2.04. The Balaban J connectivity index is 1.81. The molecule has 2 aromatic carbocycles. The molecule has 0 bridgehead atoms. The van der Waals surface area contributed by atoms with E-state index in [1.54, 1.807) is 4.68 Å². The second-order valence-corrected chi connectivity index (χ2v) is 6.35. The third-order valence-electron chi connectivity index (χ3n) is 4.37. The van der Waals surface area contributed by atoms with Gasteiger partial charge in [-0.1, -0.05) is 48.5 Å². The van der Waals surface area contributed by atoms with E-state index >= 15 is 0 Å². The minimum absolute atomic E-state index is 0.128. The minimum atomic E-state index is 0.128. The van der Waals surface area contributed by atoms with Gasteiger partial charge in [-0.15, -0.1) is 0 Å². The maximum absolute atomic E-state index is 10.9. The molecule has 26 heavy (non-hydrogen) atoms. The summed E-state index contributed by atoms with van der Waals surface area (Å²) in [4.78, 5) is 0. The Bertz CT molecular complexity index is 1030. The molecular weight excluding hydrogens is 324 g/mol. The number of benzene rings is 2. The van der Waals surface area contributed by atoms with Gasteiger partial charge in [-0.2, -0.15) is 10.2 Å². The number of rotatable bonds is 4. The van der Waals surface area contributed by atoms with Gasteiger partial charge in [-0.05, 0) is 37.6 Å². The van der Waals surface area contributed by atoms with E-state index < -0.39 is 0 Å². The highest BCUT2D eigenvalue weighted by molar-refractivity contribution is 5.69. The molecule has 5 heteroatoms. The summed E-state index contributed by atoms with van der Waals surface area (Å²) in [5.41, 5.74) is 5.23. The average molecular weight is 344 g/mol. The van der Waals surface area contributed by atoms with Gasteiger partial charge in [0.25, 0.3) is 0 Å². The Labute approximate surface area is 152 Å². The zero-order chi connectivity index (χ0) is 18.1. The summed E-state index contributed by atoms with van der Waals surface area (Å²) in [6.45, 7) is 4.50. The third kappa shape index (κ3) is 2.88. The van der Waals surface area contributed by atoms with Crippen molar-refractivity contribution in [3.05, 3.63) is 83.7 Å². The minimum Gasteiger partial charge on any atom is -0.493 e. The molecule has 0 spiro atoms. The summed E-state index contributed by atoms with van der Waals surface area (Å²) in [6, 6.07) is 21.8. The molecule has 0 saturated carbocycles. The van der Waals surface area contributed by atoms with E-state index in [-0.39, 0.29) is 5.88 Å². The monoisotopic (exact) mass is 344 g/mol. The Kier molecular flexibility index (Phi) is 4.05. The first-order chi connectivity index (χ1) is 12.6. The van der Waals surface area contributed by atoms with Crippen LogP contribution >= 0.6 is 0 Å². The second-order valence-electron chi connectivity index (χ2n) is 6.35. The van der Waals surface area contributed by atoms with Gasteiger partial charge in [0.1, 0.15) is 0 Å². The van der Waals surface area contributed by atoms with Crippen LogP contribution in [0.1, 0.15) is 17.0 Å². The molecule has 0 saturated heterocycles. The van der Waals surface area contributed by atoms with E-state index in [1.807, 2.05) is 73.1 Å². The summed E-state index contributed by atoms with van der Waals surface area (Å²) >= 11 is 0. The molecule has 0 radical (unpaired) electrons. The van der Waals surface area contributed by atoms with Crippen LogP contribution in [0, 0.1) is 13.8 Å². The fourth-order valence-electron chi connectivity index (χ4n) is 3.19. The molecule has 4 rings (SSSR count). The molecule has 0 aliphatic rings. The first-order valence-electron chi connectivity index (χ1n) is 8.56. The molecule has 2 heterocycles. The van der Waals surface area contributed by atoms with Crippen molar-refractivity contribution in [2.24, 2.45) is 0 Å². The van der Waals surface area contributed by atoms with Crippen LogP contribution in [-0.4, -0.2) is 24.7 Å². The molecule has 4 aromatic rings. The zero-order valence-corrected chi connectivity index (χ0v) is 14.8. The number of para-hydroxylation sites is 1. The van der Waals surface area contributed by atoms with Gasteiger partial charge in [0.05, 0.1) is 34.9 Å². The van der Waals surface area contributed by atoms with E-state index in [2.05, 4.69) is 22.3 Å². The number of hydrogen-bond donors (Lipinski definition) is 1. The van der Waals surface area contributed by atoms with Crippen LogP contribution in [0.2, 0.25) is 0 Å². The van der Waals surface area contributed by atoms with Crippen molar-refractivity contribution in [3.8, 4) is 22.8 Å². The van der Waals surface area contributed by atoms with Gasteiger partial charge in [0.15, 0.2) is 0 Å². The van der Waals surface area contributed by atoms with E-state index in [9.17, 15) is 5.11 Å². The lowest BCUT2D eigenvalue weighted by atomic mass is 10.1. The van der Waals surface area contributed by atoms with E-state index in [4.69, 9.17) is 0 Å². The Morgan fingerprint density at radius 2 is 1.54 bits per heavy atom. The highest BCUT2D eigenvalue weighted by Crippen LogP contribution is 2.34. The lowest BCUT2D eigenvalue weighted by molar-refractivity contribution is 0.434. The quantitative estimate of drug-likeness (QED) is 0.606. The van der Waals surface area contributed by atoms with Crippen molar-refractivity contribution in [1.82, 2.24) is 19.6 Å². The van der Waals surface area contributed by atoms with Crippen LogP contribution in [0.3, 0.4) is 0 Å². The van der Waals surface area contributed by atoms with E-state index in [0.717, 1.165) is 28.3 Å². The standard InChI is InChI=1S/C21H20N4O/c1-15-13-19(24(22-15)14-17-9-5-3-6-10-17)20-16(2)23-25(21(20)26)18-11-7-4-8-12-18/h3-13,26H,14H2,1-2H3. The molecule has 0 unspecified atom stereocenters. The van der Waals surface area contributed by atoms with E-state index in [1.165, 1.54) is 0 Å². The molecule has 0 aliphatic heterocycles. The smallest absolute Gasteiger partial charge is 0.224 e. The first-order valence-corrected chi connectivity index (χ1v) is 8.56. The van der Waals surface area contributed by atoms with Crippen molar-refractivity contribution in [2.45, 2.75) is 20.4 Å². The number of nitrogens with zero attached hydrogens (tertiary/aromatic N) is 4. The fraction of sp³-hybridized carbons (Fsp3) is 0.143.